The second-order valence-corrected chi connectivity index (χ2v) is 7.83. The minimum Gasteiger partial charge on any atom is -0.352 e. The van der Waals surface area contributed by atoms with Gasteiger partial charge in [0.15, 0.2) is 5.82 Å². The Hall–Kier alpha value is -3.32. The summed E-state index contributed by atoms with van der Waals surface area (Å²) in [6.07, 6.45) is 3.53. The number of benzene rings is 1. The number of fused-ring (bicyclic) bond motifs is 1. The quantitative estimate of drug-likeness (QED) is 0.524. The van der Waals surface area contributed by atoms with Crippen LogP contribution in [0.25, 0.3) is 22.3 Å². The van der Waals surface area contributed by atoms with E-state index >= 15 is 0 Å². The van der Waals surface area contributed by atoms with Crippen LogP contribution in [-0.2, 0) is 0 Å². The molecule has 0 atom stereocenters. The van der Waals surface area contributed by atoms with E-state index in [9.17, 15) is 4.79 Å². The van der Waals surface area contributed by atoms with Gasteiger partial charge in [-0.25, -0.2) is 9.97 Å². The molecular weight excluding hydrogens is 382 g/mol. The Morgan fingerprint density at radius 1 is 0.931 bits per heavy atom. The van der Waals surface area contributed by atoms with Crippen molar-refractivity contribution in [2.45, 2.75) is 0 Å². The first kappa shape index (κ1) is 17.8. The predicted octanol–water partition coefficient (Wildman–Crippen LogP) is 3.72. The zero-order valence-electron chi connectivity index (χ0n) is 15.7. The molecule has 1 aliphatic rings. The molecule has 5 rings (SSSR count). The van der Waals surface area contributed by atoms with Gasteiger partial charge in [-0.15, -0.1) is 11.3 Å². The Bertz CT molecular complexity index is 1140. The molecular formula is C22H19N5OS. The molecule has 1 aromatic carbocycles. The summed E-state index contributed by atoms with van der Waals surface area (Å²) in [4.78, 5) is 31.4. The topological polar surface area (TPSA) is 62.2 Å². The van der Waals surface area contributed by atoms with Crippen LogP contribution >= 0.6 is 11.3 Å². The first-order valence-corrected chi connectivity index (χ1v) is 10.4. The molecule has 29 heavy (non-hydrogen) atoms. The van der Waals surface area contributed by atoms with Crippen LogP contribution in [0, 0.1) is 0 Å². The number of aromatic nitrogens is 3. The number of anilines is 1. The van der Waals surface area contributed by atoms with Gasteiger partial charge in [0.1, 0.15) is 5.82 Å². The van der Waals surface area contributed by atoms with Crippen molar-refractivity contribution in [2.75, 3.05) is 31.1 Å². The molecule has 4 heterocycles. The van der Waals surface area contributed by atoms with Crippen molar-refractivity contribution in [1.82, 2.24) is 19.9 Å². The average Bonchev–Trinajstić information content (AvgIpc) is 3.34. The van der Waals surface area contributed by atoms with Crippen molar-refractivity contribution < 1.29 is 4.79 Å². The molecule has 1 amide bonds. The lowest BCUT2D eigenvalue weighted by Gasteiger charge is -2.35. The SMILES string of the molecule is O=C(c1cccs1)N1CCN(c2nc(-c3cccnc3)nc3ccccc23)CC1. The maximum absolute atomic E-state index is 12.6. The fourth-order valence-electron chi connectivity index (χ4n) is 3.60. The van der Waals surface area contributed by atoms with Crippen molar-refractivity contribution in [3.05, 3.63) is 71.2 Å². The van der Waals surface area contributed by atoms with Gasteiger partial charge >= 0.3 is 0 Å². The lowest BCUT2D eigenvalue weighted by atomic mass is 10.2. The van der Waals surface area contributed by atoms with Crippen molar-refractivity contribution in [1.29, 1.82) is 0 Å². The second kappa shape index (κ2) is 7.60. The minimum absolute atomic E-state index is 0.114. The van der Waals surface area contributed by atoms with Gasteiger partial charge in [0, 0.05) is 49.5 Å². The van der Waals surface area contributed by atoms with Crippen LogP contribution in [0.15, 0.2) is 66.3 Å². The van der Waals surface area contributed by atoms with Gasteiger partial charge in [-0.05, 0) is 35.7 Å². The van der Waals surface area contributed by atoms with E-state index in [1.807, 2.05) is 52.7 Å². The summed E-state index contributed by atoms with van der Waals surface area (Å²) in [5.74, 6) is 1.70. The molecule has 3 aromatic heterocycles. The maximum atomic E-state index is 12.6. The fourth-order valence-corrected chi connectivity index (χ4v) is 4.29. The van der Waals surface area contributed by atoms with Gasteiger partial charge in [0.2, 0.25) is 0 Å². The summed E-state index contributed by atoms with van der Waals surface area (Å²) in [5, 5.41) is 2.97. The van der Waals surface area contributed by atoms with Crippen LogP contribution < -0.4 is 4.90 Å². The summed E-state index contributed by atoms with van der Waals surface area (Å²) in [6.45, 7) is 2.84. The number of rotatable bonds is 3. The van der Waals surface area contributed by atoms with E-state index in [1.165, 1.54) is 11.3 Å². The van der Waals surface area contributed by atoms with Gasteiger partial charge in [-0.1, -0.05) is 18.2 Å². The molecule has 4 aromatic rings. The zero-order valence-corrected chi connectivity index (χ0v) is 16.5. The fraction of sp³-hybridized carbons (Fsp3) is 0.182. The van der Waals surface area contributed by atoms with E-state index in [-0.39, 0.29) is 5.91 Å². The Morgan fingerprint density at radius 2 is 1.79 bits per heavy atom. The number of para-hydroxylation sites is 1. The number of nitrogens with zero attached hydrogens (tertiary/aromatic N) is 5. The van der Waals surface area contributed by atoms with Crippen LogP contribution in [-0.4, -0.2) is 51.9 Å². The molecule has 0 radical (unpaired) electrons. The highest BCUT2D eigenvalue weighted by Crippen LogP contribution is 2.28. The Kier molecular flexibility index (Phi) is 4.65. The second-order valence-electron chi connectivity index (χ2n) is 6.89. The van der Waals surface area contributed by atoms with Gasteiger partial charge in [0.25, 0.3) is 5.91 Å². The molecule has 1 aliphatic heterocycles. The molecule has 6 nitrogen and oxygen atoms in total. The summed E-state index contributed by atoms with van der Waals surface area (Å²) < 4.78 is 0. The Balaban J connectivity index is 1.45. The molecule has 0 bridgehead atoms. The minimum atomic E-state index is 0.114. The summed E-state index contributed by atoms with van der Waals surface area (Å²) in [5.41, 5.74) is 1.81. The van der Waals surface area contributed by atoms with Crippen LogP contribution in [0.1, 0.15) is 9.67 Å². The number of hydrogen-bond donors (Lipinski definition) is 0. The molecule has 0 saturated carbocycles. The molecule has 7 heteroatoms. The first-order valence-electron chi connectivity index (χ1n) is 9.54. The van der Waals surface area contributed by atoms with E-state index in [1.54, 1.807) is 12.4 Å². The third-order valence-corrected chi connectivity index (χ3v) is 5.96. The molecule has 1 fully saturated rings. The van der Waals surface area contributed by atoms with Gasteiger partial charge in [-0.3, -0.25) is 9.78 Å². The number of piperazine rings is 1. The number of hydrogen-bond acceptors (Lipinski definition) is 6. The molecule has 0 aliphatic carbocycles. The third kappa shape index (κ3) is 3.45. The van der Waals surface area contributed by atoms with Crippen LogP contribution in [0.4, 0.5) is 5.82 Å². The van der Waals surface area contributed by atoms with Crippen molar-refractivity contribution >= 4 is 34.0 Å². The maximum Gasteiger partial charge on any atom is 0.264 e. The standard InChI is InChI=1S/C22H19N5OS/c28-22(19-8-4-14-29-19)27-12-10-26(11-13-27)21-17-6-1-2-7-18(17)24-20(25-21)16-5-3-9-23-15-16/h1-9,14-15H,10-13H2. The largest absolute Gasteiger partial charge is 0.352 e. The van der Waals surface area contributed by atoms with E-state index in [0.29, 0.717) is 18.9 Å². The molecule has 0 unspecified atom stereocenters. The lowest BCUT2D eigenvalue weighted by Crippen LogP contribution is -2.49. The number of carbonyl (C=O) groups is 1. The number of pyridine rings is 1. The highest BCUT2D eigenvalue weighted by atomic mass is 32.1. The number of amides is 1. The van der Waals surface area contributed by atoms with E-state index in [2.05, 4.69) is 16.0 Å². The molecule has 0 N–H and O–H groups in total. The van der Waals surface area contributed by atoms with Crippen LogP contribution in [0.2, 0.25) is 0 Å². The third-order valence-electron chi connectivity index (χ3n) is 5.10. The van der Waals surface area contributed by atoms with Gasteiger partial charge in [-0.2, -0.15) is 0 Å². The van der Waals surface area contributed by atoms with Gasteiger partial charge < -0.3 is 9.80 Å². The molecule has 144 valence electrons. The van der Waals surface area contributed by atoms with Crippen molar-refractivity contribution in [3.63, 3.8) is 0 Å². The molecule has 0 spiro atoms. The Morgan fingerprint density at radius 3 is 2.55 bits per heavy atom. The highest BCUT2D eigenvalue weighted by molar-refractivity contribution is 7.12. The lowest BCUT2D eigenvalue weighted by molar-refractivity contribution is 0.0751. The number of thiophene rings is 1. The summed E-state index contributed by atoms with van der Waals surface area (Å²) >= 11 is 1.49. The predicted molar refractivity (Wildman–Crippen MR) is 115 cm³/mol. The van der Waals surface area contributed by atoms with E-state index in [0.717, 1.165) is 40.3 Å². The van der Waals surface area contributed by atoms with Crippen molar-refractivity contribution in [2.24, 2.45) is 0 Å². The van der Waals surface area contributed by atoms with Crippen LogP contribution in [0.5, 0.6) is 0 Å². The smallest absolute Gasteiger partial charge is 0.264 e. The highest BCUT2D eigenvalue weighted by Gasteiger charge is 2.25. The van der Waals surface area contributed by atoms with Gasteiger partial charge in [0.05, 0.1) is 10.4 Å². The normalized spacial score (nSPS) is 14.3. The van der Waals surface area contributed by atoms with Crippen LogP contribution in [0.3, 0.4) is 0 Å². The zero-order chi connectivity index (χ0) is 19.6. The van der Waals surface area contributed by atoms with E-state index in [4.69, 9.17) is 9.97 Å². The van der Waals surface area contributed by atoms with Crippen molar-refractivity contribution in [3.8, 4) is 11.4 Å². The summed E-state index contributed by atoms with van der Waals surface area (Å²) in [7, 11) is 0. The molecule has 1 saturated heterocycles. The number of carbonyl (C=O) groups excluding carboxylic acids is 1. The first-order chi connectivity index (χ1) is 14.3. The monoisotopic (exact) mass is 401 g/mol. The average molecular weight is 401 g/mol. The van der Waals surface area contributed by atoms with E-state index < -0.39 is 0 Å². The summed E-state index contributed by atoms with van der Waals surface area (Å²) in [6, 6.07) is 15.7. The Labute approximate surface area is 172 Å².